The van der Waals surface area contributed by atoms with Crippen molar-refractivity contribution in [3.8, 4) is 11.4 Å². The van der Waals surface area contributed by atoms with Gasteiger partial charge in [0.2, 0.25) is 5.91 Å². The molecule has 0 spiro atoms. The summed E-state index contributed by atoms with van der Waals surface area (Å²) in [6.45, 7) is 3.48. The first-order valence-corrected chi connectivity index (χ1v) is 9.91. The number of carbonyl (C=O) groups excluding carboxylic acids is 2. The SMILES string of the molecule is CCC(Sc1nnc(-c2ccccc2)n1C)C(=O)Nc1ccc(C(C)=O)cc1. The van der Waals surface area contributed by atoms with Crippen LogP contribution in [0.25, 0.3) is 11.4 Å². The first kappa shape index (κ1) is 19.8. The van der Waals surface area contributed by atoms with Crippen LogP contribution in [0, 0.1) is 0 Å². The molecular weight excluding hydrogens is 372 g/mol. The number of thioether (sulfide) groups is 1. The zero-order valence-electron chi connectivity index (χ0n) is 16.0. The molecule has 144 valence electrons. The second-order valence-electron chi connectivity index (χ2n) is 6.37. The molecule has 1 amide bonds. The van der Waals surface area contributed by atoms with Crippen LogP contribution in [0.4, 0.5) is 5.69 Å². The predicted octanol–water partition coefficient (Wildman–Crippen LogP) is 4.19. The molecule has 6 nitrogen and oxygen atoms in total. The minimum atomic E-state index is -0.306. The Balaban J connectivity index is 1.71. The maximum Gasteiger partial charge on any atom is 0.237 e. The highest BCUT2D eigenvalue weighted by molar-refractivity contribution is 8.00. The van der Waals surface area contributed by atoms with Gasteiger partial charge in [-0.3, -0.25) is 9.59 Å². The summed E-state index contributed by atoms with van der Waals surface area (Å²) in [6, 6.07) is 16.7. The summed E-state index contributed by atoms with van der Waals surface area (Å²) < 4.78 is 1.90. The van der Waals surface area contributed by atoms with Crippen molar-refractivity contribution in [1.29, 1.82) is 0 Å². The molecule has 0 fully saturated rings. The number of rotatable bonds is 7. The van der Waals surface area contributed by atoms with Crippen molar-refractivity contribution < 1.29 is 9.59 Å². The van der Waals surface area contributed by atoms with Crippen LogP contribution >= 0.6 is 11.8 Å². The lowest BCUT2D eigenvalue weighted by Gasteiger charge is -2.14. The second kappa shape index (κ2) is 8.84. The highest BCUT2D eigenvalue weighted by Gasteiger charge is 2.22. The second-order valence-corrected chi connectivity index (χ2v) is 7.54. The first-order valence-electron chi connectivity index (χ1n) is 9.03. The summed E-state index contributed by atoms with van der Waals surface area (Å²) in [6.07, 6.45) is 0.648. The molecular formula is C21H22N4O2S. The molecule has 0 aliphatic carbocycles. The lowest BCUT2D eigenvalue weighted by Crippen LogP contribution is -2.25. The molecule has 0 bridgehead atoms. The van der Waals surface area contributed by atoms with Crippen molar-refractivity contribution in [1.82, 2.24) is 14.8 Å². The lowest BCUT2D eigenvalue weighted by atomic mass is 10.1. The maximum absolute atomic E-state index is 12.7. The number of hydrogen-bond donors (Lipinski definition) is 1. The van der Waals surface area contributed by atoms with E-state index in [9.17, 15) is 9.59 Å². The summed E-state index contributed by atoms with van der Waals surface area (Å²) in [5.74, 6) is 0.655. The number of ketones is 1. The largest absolute Gasteiger partial charge is 0.325 e. The third-order valence-electron chi connectivity index (χ3n) is 4.34. The first-order chi connectivity index (χ1) is 13.5. The fourth-order valence-electron chi connectivity index (χ4n) is 2.72. The average Bonchev–Trinajstić information content (AvgIpc) is 3.07. The Kier molecular flexibility index (Phi) is 6.26. The third-order valence-corrected chi connectivity index (χ3v) is 5.74. The normalized spacial score (nSPS) is 11.8. The van der Waals surface area contributed by atoms with Crippen LogP contribution in [0.15, 0.2) is 59.8 Å². The van der Waals surface area contributed by atoms with Crippen LogP contribution in [0.1, 0.15) is 30.6 Å². The Hall–Kier alpha value is -2.93. The van der Waals surface area contributed by atoms with E-state index < -0.39 is 0 Å². The van der Waals surface area contributed by atoms with Gasteiger partial charge in [0.1, 0.15) is 0 Å². The summed E-state index contributed by atoms with van der Waals surface area (Å²) in [5, 5.41) is 11.8. The Morgan fingerprint density at radius 3 is 2.36 bits per heavy atom. The van der Waals surface area contributed by atoms with Gasteiger partial charge in [-0.15, -0.1) is 10.2 Å². The topological polar surface area (TPSA) is 76.9 Å². The number of nitrogens with one attached hydrogen (secondary N) is 1. The molecule has 3 rings (SSSR count). The van der Waals surface area contributed by atoms with Crippen LogP contribution in [0.5, 0.6) is 0 Å². The quantitative estimate of drug-likeness (QED) is 0.480. The number of anilines is 1. The average molecular weight is 395 g/mol. The molecule has 1 heterocycles. The van der Waals surface area contributed by atoms with Gasteiger partial charge in [0.05, 0.1) is 5.25 Å². The summed E-state index contributed by atoms with van der Waals surface area (Å²) >= 11 is 1.39. The van der Waals surface area contributed by atoms with Gasteiger partial charge in [-0.05, 0) is 37.6 Å². The van der Waals surface area contributed by atoms with E-state index in [1.54, 1.807) is 24.3 Å². The van der Waals surface area contributed by atoms with Gasteiger partial charge >= 0.3 is 0 Å². The van der Waals surface area contributed by atoms with Crippen LogP contribution in [-0.4, -0.2) is 31.7 Å². The van der Waals surface area contributed by atoms with E-state index in [1.165, 1.54) is 18.7 Å². The summed E-state index contributed by atoms with van der Waals surface area (Å²) in [4.78, 5) is 24.1. The molecule has 0 aliphatic heterocycles. The maximum atomic E-state index is 12.7. The Morgan fingerprint density at radius 1 is 1.07 bits per heavy atom. The fraction of sp³-hybridized carbons (Fsp3) is 0.238. The molecule has 2 aromatic carbocycles. The van der Waals surface area contributed by atoms with Gasteiger partial charge in [0.25, 0.3) is 0 Å². The molecule has 1 N–H and O–H groups in total. The van der Waals surface area contributed by atoms with Crippen molar-refractivity contribution in [2.75, 3.05) is 5.32 Å². The monoisotopic (exact) mass is 394 g/mol. The Bertz CT molecular complexity index is 968. The summed E-state index contributed by atoms with van der Waals surface area (Å²) in [7, 11) is 1.90. The number of aromatic nitrogens is 3. The van der Waals surface area contributed by atoms with Gasteiger partial charge in [-0.2, -0.15) is 0 Å². The molecule has 1 atom stereocenters. The number of carbonyl (C=O) groups is 2. The van der Waals surface area contributed by atoms with Gasteiger partial charge in [0.15, 0.2) is 16.8 Å². The third kappa shape index (κ3) is 4.48. The number of benzene rings is 2. The van der Waals surface area contributed by atoms with E-state index in [1.807, 2.05) is 48.9 Å². The molecule has 7 heteroatoms. The van der Waals surface area contributed by atoms with E-state index >= 15 is 0 Å². The van der Waals surface area contributed by atoms with Crippen molar-refractivity contribution in [2.24, 2.45) is 7.05 Å². The van der Waals surface area contributed by atoms with E-state index in [2.05, 4.69) is 15.5 Å². The molecule has 0 aliphatic rings. The highest BCUT2D eigenvalue weighted by Crippen LogP contribution is 2.28. The van der Waals surface area contributed by atoms with Crippen molar-refractivity contribution in [3.05, 3.63) is 60.2 Å². The molecule has 0 saturated heterocycles. The molecule has 3 aromatic rings. The van der Waals surface area contributed by atoms with Gasteiger partial charge in [0, 0.05) is 23.9 Å². The standard InChI is InChI=1S/C21H22N4O2S/c1-4-18(20(27)22-17-12-10-15(11-13-17)14(2)26)28-21-24-23-19(25(21)3)16-8-6-5-7-9-16/h5-13,18H,4H2,1-3H3,(H,22,27). The molecule has 1 unspecified atom stereocenters. The van der Waals surface area contributed by atoms with Crippen LogP contribution in [0.3, 0.4) is 0 Å². The van der Waals surface area contributed by atoms with Crippen LogP contribution in [-0.2, 0) is 11.8 Å². The van der Waals surface area contributed by atoms with E-state index in [4.69, 9.17) is 0 Å². The number of amides is 1. The zero-order chi connectivity index (χ0) is 20.1. The van der Waals surface area contributed by atoms with E-state index in [0.717, 1.165) is 11.4 Å². The zero-order valence-corrected chi connectivity index (χ0v) is 16.9. The number of hydrogen-bond acceptors (Lipinski definition) is 5. The molecule has 28 heavy (non-hydrogen) atoms. The smallest absolute Gasteiger partial charge is 0.237 e. The van der Waals surface area contributed by atoms with Crippen molar-refractivity contribution in [3.63, 3.8) is 0 Å². The molecule has 0 radical (unpaired) electrons. The van der Waals surface area contributed by atoms with Gasteiger partial charge in [-0.25, -0.2) is 0 Å². The highest BCUT2D eigenvalue weighted by atomic mass is 32.2. The molecule has 0 saturated carbocycles. The minimum absolute atomic E-state index is 0.00336. The van der Waals surface area contributed by atoms with Crippen LogP contribution in [0.2, 0.25) is 0 Å². The van der Waals surface area contributed by atoms with Crippen molar-refractivity contribution >= 4 is 29.1 Å². The number of Topliss-reactive ketones (excluding diaryl/α,β-unsaturated/α-hetero) is 1. The van der Waals surface area contributed by atoms with Gasteiger partial charge in [-0.1, -0.05) is 49.0 Å². The van der Waals surface area contributed by atoms with E-state index in [0.29, 0.717) is 22.8 Å². The predicted molar refractivity (Wildman–Crippen MR) is 111 cm³/mol. The number of nitrogens with zero attached hydrogens (tertiary/aromatic N) is 3. The van der Waals surface area contributed by atoms with Gasteiger partial charge < -0.3 is 9.88 Å². The summed E-state index contributed by atoms with van der Waals surface area (Å²) in [5.41, 5.74) is 2.26. The van der Waals surface area contributed by atoms with Crippen LogP contribution < -0.4 is 5.32 Å². The van der Waals surface area contributed by atoms with Crippen molar-refractivity contribution in [2.45, 2.75) is 30.7 Å². The Labute approximate surface area is 168 Å². The lowest BCUT2D eigenvalue weighted by molar-refractivity contribution is -0.115. The minimum Gasteiger partial charge on any atom is -0.325 e. The Morgan fingerprint density at radius 2 is 1.75 bits per heavy atom. The van der Waals surface area contributed by atoms with E-state index in [-0.39, 0.29) is 16.9 Å². The fourth-order valence-corrected chi connectivity index (χ4v) is 3.64. The molecule has 1 aromatic heterocycles.